The first-order valence-electron chi connectivity index (χ1n) is 8.49. The number of hydrogen-bond acceptors (Lipinski definition) is 6. The number of ether oxygens (including phenoxy) is 1. The topological polar surface area (TPSA) is 90.5 Å². The van der Waals surface area contributed by atoms with Gasteiger partial charge in [0.2, 0.25) is 5.78 Å². The maximum Gasteiger partial charge on any atom is 0.379 e. The fourth-order valence-corrected chi connectivity index (χ4v) is 4.04. The number of ketones is 1. The third-order valence-corrected chi connectivity index (χ3v) is 6.22. The van der Waals surface area contributed by atoms with Crippen LogP contribution in [0, 0.1) is 6.92 Å². The van der Waals surface area contributed by atoms with Crippen LogP contribution in [0.15, 0.2) is 48.5 Å². The molecule has 7 nitrogen and oxygen atoms in total. The summed E-state index contributed by atoms with van der Waals surface area (Å²) in [6, 6.07) is 14.2. The molecule has 0 saturated carbocycles. The summed E-state index contributed by atoms with van der Waals surface area (Å²) in [5.41, 5.74) is 2.77. The highest BCUT2D eigenvalue weighted by atomic mass is 31.2. The van der Waals surface area contributed by atoms with Crippen molar-refractivity contribution in [3.8, 4) is 16.9 Å². The first-order chi connectivity index (χ1) is 13.4. The Bertz CT molecular complexity index is 1040. The Kier molecular flexibility index (Phi) is 5.79. The van der Waals surface area contributed by atoms with Crippen molar-refractivity contribution in [3.63, 3.8) is 0 Å². The minimum Gasteiger partial charge on any atom is -0.497 e. The zero-order chi connectivity index (χ0) is 20.3. The maximum atomic E-state index is 13.2. The van der Waals surface area contributed by atoms with Crippen LogP contribution < -0.4 is 10.2 Å². The van der Waals surface area contributed by atoms with Gasteiger partial charge < -0.3 is 13.8 Å². The zero-order valence-electron chi connectivity index (χ0n) is 16.1. The lowest BCUT2D eigenvalue weighted by Gasteiger charge is -2.14. The van der Waals surface area contributed by atoms with E-state index < -0.39 is 7.60 Å². The first-order valence-corrected chi connectivity index (χ1v) is 10.0. The molecule has 146 valence electrons. The van der Waals surface area contributed by atoms with E-state index in [4.69, 9.17) is 13.8 Å². The minimum absolute atomic E-state index is 0.126. The first kappa shape index (κ1) is 20.0. The molecule has 1 heterocycles. The fourth-order valence-electron chi connectivity index (χ4n) is 2.85. The van der Waals surface area contributed by atoms with Crippen LogP contribution in [0.4, 0.5) is 0 Å². The molecule has 1 N–H and O–H groups in total. The molecular formula is C20H21N2O5P. The van der Waals surface area contributed by atoms with Crippen LogP contribution in [-0.2, 0) is 13.6 Å². The van der Waals surface area contributed by atoms with E-state index in [9.17, 15) is 9.36 Å². The Morgan fingerprint density at radius 1 is 1.04 bits per heavy atom. The lowest BCUT2D eigenvalue weighted by atomic mass is 10.00. The van der Waals surface area contributed by atoms with E-state index in [0.717, 1.165) is 5.56 Å². The molecule has 8 heteroatoms. The lowest BCUT2D eigenvalue weighted by molar-refractivity contribution is 0.103. The predicted molar refractivity (Wildman–Crippen MR) is 106 cm³/mol. The normalized spacial score (nSPS) is 11.4. The van der Waals surface area contributed by atoms with Gasteiger partial charge in [0, 0.05) is 25.3 Å². The Hall–Kier alpha value is -2.73. The number of hydrogen-bond donors (Lipinski definition) is 1. The average molecular weight is 400 g/mol. The maximum absolute atomic E-state index is 13.2. The Morgan fingerprint density at radius 3 is 2.32 bits per heavy atom. The van der Waals surface area contributed by atoms with Crippen LogP contribution in [0.25, 0.3) is 11.1 Å². The second-order valence-electron chi connectivity index (χ2n) is 6.09. The van der Waals surface area contributed by atoms with Gasteiger partial charge in [-0.25, -0.2) is 0 Å². The predicted octanol–water partition coefficient (Wildman–Crippen LogP) is 3.74. The van der Waals surface area contributed by atoms with Crippen molar-refractivity contribution in [2.45, 2.75) is 6.92 Å². The molecule has 3 rings (SSSR count). The van der Waals surface area contributed by atoms with Crippen molar-refractivity contribution >= 4 is 18.8 Å². The van der Waals surface area contributed by atoms with Gasteiger partial charge in [0.1, 0.15) is 11.4 Å². The number of benzene rings is 2. The number of nitrogens with one attached hydrogen (secondary N) is 1. The summed E-state index contributed by atoms with van der Waals surface area (Å²) in [5, 5.41) is 6.86. The molecule has 0 aliphatic heterocycles. The third kappa shape index (κ3) is 3.64. The Labute approximate surface area is 163 Å². The number of H-pyrrole nitrogens is 1. The van der Waals surface area contributed by atoms with Gasteiger partial charge in [-0.05, 0) is 24.6 Å². The highest BCUT2D eigenvalue weighted by molar-refractivity contribution is 7.62. The largest absolute Gasteiger partial charge is 0.497 e. The standard InChI is InChI=1S/C20H21N2O5P/c1-13-8-10-14(11-9-13)17-18(21-22-20(17)28(24,26-3)27-4)19(23)15-6-5-7-16(12-15)25-2/h5-12H,1-4H3,(H,21,22). The van der Waals surface area contributed by atoms with Gasteiger partial charge in [0.25, 0.3) is 0 Å². The van der Waals surface area contributed by atoms with E-state index in [0.29, 0.717) is 22.4 Å². The van der Waals surface area contributed by atoms with Crippen LogP contribution in [0.5, 0.6) is 5.75 Å². The molecule has 0 unspecified atom stereocenters. The Balaban J connectivity index is 2.21. The van der Waals surface area contributed by atoms with Gasteiger partial charge in [-0.1, -0.05) is 42.0 Å². The molecule has 0 fully saturated rings. The van der Waals surface area contributed by atoms with Crippen molar-refractivity contribution < 1.29 is 23.1 Å². The SMILES string of the molecule is COc1cccc(C(=O)c2n[nH]c(P(=O)(OC)OC)c2-c2ccc(C)cc2)c1. The second kappa shape index (κ2) is 8.10. The van der Waals surface area contributed by atoms with E-state index in [-0.39, 0.29) is 16.9 Å². The van der Waals surface area contributed by atoms with E-state index in [1.54, 1.807) is 24.3 Å². The molecule has 0 radical (unpaired) electrons. The number of carbonyl (C=O) groups is 1. The van der Waals surface area contributed by atoms with Gasteiger partial charge in [-0.3, -0.25) is 14.5 Å². The van der Waals surface area contributed by atoms with Crippen LogP contribution in [0.3, 0.4) is 0 Å². The number of aromatic nitrogens is 2. The van der Waals surface area contributed by atoms with Crippen molar-refractivity contribution in [1.29, 1.82) is 0 Å². The van der Waals surface area contributed by atoms with Gasteiger partial charge in [-0.2, -0.15) is 5.10 Å². The van der Waals surface area contributed by atoms with E-state index >= 15 is 0 Å². The van der Waals surface area contributed by atoms with E-state index in [1.165, 1.54) is 21.3 Å². The highest BCUT2D eigenvalue weighted by Gasteiger charge is 2.34. The van der Waals surface area contributed by atoms with Crippen molar-refractivity contribution in [1.82, 2.24) is 10.2 Å². The molecule has 0 spiro atoms. The number of aryl methyl sites for hydroxylation is 1. The average Bonchev–Trinajstić information content (AvgIpc) is 3.19. The molecule has 0 atom stereocenters. The number of rotatable bonds is 7. The summed E-state index contributed by atoms with van der Waals surface area (Å²) < 4.78 is 28.5. The number of carbonyl (C=O) groups excluding carboxylic acids is 1. The molecule has 0 aliphatic carbocycles. The molecule has 0 amide bonds. The van der Waals surface area contributed by atoms with E-state index in [2.05, 4.69) is 10.2 Å². The number of methoxy groups -OCH3 is 1. The molecule has 28 heavy (non-hydrogen) atoms. The minimum atomic E-state index is -3.67. The molecule has 0 saturated heterocycles. The van der Waals surface area contributed by atoms with Gasteiger partial charge in [0.15, 0.2) is 5.44 Å². The molecule has 1 aromatic heterocycles. The summed E-state index contributed by atoms with van der Waals surface area (Å²) in [7, 11) is 0.431. The highest BCUT2D eigenvalue weighted by Crippen LogP contribution is 2.47. The van der Waals surface area contributed by atoms with Crippen molar-refractivity contribution in [2.24, 2.45) is 0 Å². The monoisotopic (exact) mass is 400 g/mol. The Morgan fingerprint density at radius 2 is 1.71 bits per heavy atom. The number of aromatic amines is 1. The summed E-state index contributed by atoms with van der Waals surface area (Å²) in [6.45, 7) is 1.96. The quantitative estimate of drug-likeness (QED) is 0.480. The molecule has 3 aromatic rings. The molecular weight excluding hydrogens is 379 g/mol. The molecule has 0 aliphatic rings. The molecule has 0 bridgehead atoms. The lowest BCUT2D eigenvalue weighted by Crippen LogP contribution is -2.13. The summed E-state index contributed by atoms with van der Waals surface area (Å²) >= 11 is 0. The van der Waals surface area contributed by atoms with Gasteiger partial charge in [0.05, 0.1) is 7.11 Å². The summed E-state index contributed by atoms with van der Waals surface area (Å²) in [4.78, 5) is 13.2. The fraction of sp³-hybridized carbons (Fsp3) is 0.200. The van der Waals surface area contributed by atoms with E-state index in [1.807, 2.05) is 31.2 Å². The summed E-state index contributed by atoms with van der Waals surface area (Å²) in [6.07, 6.45) is 0. The second-order valence-corrected chi connectivity index (χ2v) is 8.26. The zero-order valence-corrected chi connectivity index (χ0v) is 16.9. The summed E-state index contributed by atoms with van der Waals surface area (Å²) in [5.74, 6) is 0.216. The molecule has 2 aromatic carbocycles. The van der Waals surface area contributed by atoms with Crippen LogP contribution in [0.2, 0.25) is 0 Å². The van der Waals surface area contributed by atoms with Gasteiger partial charge in [-0.15, -0.1) is 0 Å². The van der Waals surface area contributed by atoms with Crippen LogP contribution in [0.1, 0.15) is 21.6 Å². The van der Waals surface area contributed by atoms with Crippen molar-refractivity contribution in [3.05, 3.63) is 65.4 Å². The van der Waals surface area contributed by atoms with Crippen LogP contribution in [-0.4, -0.2) is 37.3 Å². The van der Waals surface area contributed by atoms with Crippen molar-refractivity contribution in [2.75, 3.05) is 21.3 Å². The smallest absolute Gasteiger partial charge is 0.379 e. The van der Waals surface area contributed by atoms with Crippen LogP contribution >= 0.6 is 7.60 Å². The third-order valence-electron chi connectivity index (χ3n) is 4.39. The number of nitrogens with zero attached hydrogens (tertiary/aromatic N) is 1. The van der Waals surface area contributed by atoms with Gasteiger partial charge >= 0.3 is 7.60 Å².